The molecule has 0 aliphatic heterocycles. The Hall–Kier alpha value is -1.80. The van der Waals surface area contributed by atoms with E-state index in [2.05, 4.69) is 16.4 Å². The van der Waals surface area contributed by atoms with Crippen LogP contribution in [0.1, 0.15) is 30.6 Å². The summed E-state index contributed by atoms with van der Waals surface area (Å²) in [6.45, 7) is 5.08. The molecule has 1 aromatic heterocycles. The predicted octanol–water partition coefficient (Wildman–Crippen LogP) is 2.79. The number of aromatic nitrogens is 1. The van der Waals surface area contributed by atoms with E-state index in [-0.39, 0.29) is 5.91 Å². The van der Waals surface area contributed by atoms with Crippen LogP contribution in [0.15, 0.2) is 12.3 Å². The Balaban J connectivity index is 2.93. The maximum absolute atomic E-state index is 12.4. The Labute approximate surface area is 124 Å². The smallest absolute Gasteiger partial charge is 0.255 e. The van der Waals surface area contributed by atoms with E-state index in [9.17, 15) is 4.79 Å². The molecule has 0 saturated carbocycles. The molecule has 1 rings (SSSR count). The predicted molar refractivity (Wildman–Crippen MR) is 79.8 cm³/mol. The maximum atomic E-state index is 12.4. The van der Waals surface area contributed by atoms with Crippen molar-refractivity contribution in [3.05, 3.63) is 22.8 Å². The quantitative estimate of drug-likeness (QED) is 0.876. The van der Waals surface area contributed by atoms with Gasteiger partial charge in [-0.2, -0.15) is 5.26 Å². The molecule has 1 aromatic rings. The van der Waals surface area contributed by atoms with Crippen LogP contribution in [-0.2, 0) is 0 Å². The van der Waals surface area contributed by atoms with Crippen molar-refractivity contribution in [2.45, 2.75) is 20.3 Å². The molecule has 6 heteroatoms. The number of nitrogens with one attached hydrogen (secondary N) is 1. The van der Waals surface area contributed by atoms with E-state index in [1.54, 1.807) is 18.0 Å². The van der Waals surface area contributed by atoms with Gasteiger partial charge >= 0.3 is 0 Å². The molecule has 20 heavy (non-hydrogen) atoms. The molecule has 1 amide bonds. The second-order valence-corrected chi connectivity index (χ2v) is 5.26. The lowest BCUT2D eigenvalue weighted by Crippen LogP contribution is -2.35. The molecule has 0 aromatic carbocycles. The zero-order valence-corrected chi connectivity index (χ0v) is 12.7. The van der Waals surface area contributed by atoms with Crippen LogP contribution < -0.4 is 5.32 Å². The fourth-order valence-corrected chi connectivity index (χ4v) is 2.08. The average molecular weight is 295 g/mol. The number of rotatable bonds is 6. The van der Waals surface area contributed by atoms with E-state index in [1.165, 1.54) is 6.20 Å². The van der Waals surface area contributed by atoms with Crippen molar-refractivity contribution in [3.63, 3.8) is 0 Å². The van der Waals surface area contributed by atoms with Crippen molar-refractivity contribution < 1.29 is 4.79 Å². The first-order valence-electron chi connectivity index (χ1n) is 6.49. The summed E-state index contributed by atoms with van der Waals surface area (Å²) in [4.78, 5) is 18.2. The zero-order chi connectivity index (χ0) is 15.1. The van der Waals surface area contributed by atoms with Gasteiger partial charge < -0.3 is 10.2 Å². The summed E-state index contributed by atoms with van der Waals surface area (Å²) in [5.74, 6) is 0.722. The Bertz CT molecular complexity index is 510. The first-order valence-corrected chi connectivity index (χ1v) is 6.87. The van der Waals surface area contributed by atoms with Crippen molar-refractivity contribution in [1.29, 1.82) is 5.26 Å². The molecular formula is C14H19ClN4O. The van der Waals surface area contributed by atoms with Crippen LogP contribution in [-0.4, -0.2) is 35.9 Å². The van der Waals surface area contributed by atoms with Gasteiger partial charge in [-0.25, -0.2) is 4.98 Å². The molecule has 0 aliphatic carbocycles. The van der Waals surface area contributed by atoms with Gasteiger partial charge in [-0.05, 0) is 12.0 Å². The van der Waals surface area contributed by atoms with Gasteiger partial charge in [0.05, 0.1) is 23.1 Å². The Morgan fingerprint density at radius 1 is 1.60 bits per heavy atom. The first kappa shape index (κ1) is 16.3. The highest BCUT2D eigenvalue weighted by Crippen LogP contribution is 2.20. The number of amides is 1. The van der Waals surface area contributed by atoms with Crippen LogP contribution in [0.4, 0.5) is 5.82 Å². The van der Waals surface area contributed by atoms with E-state index >= 15 is 0 Å². The third-order valence-corrected chi connectivity index (χ3v) is 2.98. The Morgan fingerprint density at radius 2 is 2.30 bits per heavy atom. The minimum atomic E-state index is -0.147. The third-order valence-electron chi connectivity index (χ3n) is 2.69. The van der Waals surface area contributed by atoms with Crippen LogP contribution in [0.5, 0.6) is 0 Å². The van der Waals surface area contributed by atoms with Gasteiger partial charge in [0, 0.05) is 26.3 Å². The molecule has 0 saturated heterocycles. The highest BCUT2D eigenvalue weighted by molar-refractivity contribution is 6.33. The number of pyridine rings is 1. The third kappa shape index (κ3) is 4.39. The van der Waals surface area contributed by atoms with E-state index in [0.717, 1.165) is 0 Å². The number of nitrogens with zero attached hydrogens (tertiary/aromatic N) is 3. The molecule has 0 bridgehead atoms. The maximum Gasteiger partial charge on any atom is 0.255 e. The fourth-order valence-electron chi connectivity index (χ4n) is 1.82. The van der Waals surface area contributed by atoms with Gasteiger partial charge in [0.25, 0.3) is 5.91 Å². The van der Waals surface area contributed by atoms with Crippen molar-refractivity contribution in [2.75, 3.05) is 25.5 Å². The number of anilines is 1. The summed E-state index contributed by atoms with van der Waals surface area (Å²) in [6.07, 6.45) is 1.81. The summed E-state index contributed by atoms with van der Waals surface area (Å²) >= 11 is 6.04. The number of halogens is 1. The molecule has 1 heterocycles. The fraction of sp³-hybridized carbons (Fsp3) is 0.500. The van der Waals surface area contributed by atoms with Crippen LogP contribution in [0.2, 0.25) is 5.02 Å². The molecule has 5 nitrogen and oxygen atoms in total. The van der Waals surface area contributed by atoms with Crippen LogP contribution in [0.3, 0.4) is 0 Å². The lowest BCUT2D eigenvalue weighted by Gasteiger charge is -2.23. The van der Waals surface area contributed by atoms with Crippen LogP contribution in [0.25, 0.3) is 0 Å². The van der Waals surface area contributed by atoms with Gasteiger partial charge in [0.1, 0.15) is 5.82 Å². The van der Waals surface area contributed by atoms with Crippen molar-refractivity contribution in [2.24, 2.45) is 5.92 Å². The first-order chi connectivity index (χ1) is 9.49. The molecule has 1 N–H and O–H groups in total. The second kappa shape index (κ2) is 7.71. The summed E-state index contributed by atoms with van der Waals surface area (Å²) in [6, 6.07) is 3.66. The Morgan fingerprint density at radius 3 is 2.80 bits per heavy atom. The highest BCUT2D eigenvalue weighted by Gasteiger charge is 2.18. The number of carbonyl (C=O) groups is 1. The number of hydrogen-bond donors (Lipinski definition) is 1. The molecule has 0 spiro atoms. The standard InChI is InChI=1S/C14H19ClN4O/c1-10(2)9-19(6-4-5-16)14(20)11-7-12(15)13(17-3)18-8-11/h7-8,10H,4,6,9H2,1-3H3,(H,17,18). The minimum absolute atomic E-state index is 0.147. The van der Waals surface area contributed by atoms with Crippen LogP contribution >= 0.6 is 11.6 Å². The van der Waals surface area contributed by atoms with E-state index < -0.39 is 0 Å². The normalized spacial score (nSPS) is 10.2. The molecule has 0 radical (unpaired) electrons. The second-order valence-electron chi connectivity index (χ2n) is 4.86. The zero-order valence-electron chi connectivity index (χ0n) is 12.0. The molecular weight excluding hydrogens is 276 g/mol. The monoisotopic (exact) mass is 294 g/mol. The van der Waals surface area contributed by atoms with Gasteiger partial charge in [0.2, 0.25) is 0 Å². The largest absolute Gasteiger partial charge is 0.372 e. The lowest BCUT2D eigenvalue weighted by atomic mass is 10.1. The van der Waals surface area contributed by atoms with E-state index in [0.29, 0.717) is 41.8 Å². The van der Waals surface area contributed by atoms with E-state index in [1.807, 2.05) is 13.8 Å². The van der Waals surface area contributed by atoms with Crippen molar-refractivity contribution >= 4 is 23.3 Å². The summed E-state index contributed by atoms with van der Waals surface area (Å²) in [5, 5.41) is 11.9. The molecule has 0 atom stereocenters. The van der Waals surface area contributed by atoms with Gasteiger partial charge in [-0.1, -0.05) is 25.4 Å². The number of hydrogen-bond acceptors (Lipinski definition) is 4. The number of nitriles is 1. The van der Waals surface area contributed by atoms with Crippen molar-refractivity contribution in [1.82, 2.24) is 9.88 Å². The molecule has 0 aliphatic rings. The SMILES string of the molecule is CNc1ncc(C(=O)N(CCC#N)CC(C)C)cc1Cl. The van der Waals surface area contributed by atoms with Crippen molar-refractivity contribution in [3.8, 4) is 6.07 Å². The Kier molecular flexibility index (Phi) is 6.26. The number of carbonyl (C=O) groups excluding carboxylic acids is 1. The molecule has 108 valence electrons. The van der Waals surface area contributed by atoms with E-state index in [4.69, 9.17) is 16.9 Å². The molecule has 0 unspecified atom stereocenters. The summed E-state index contributed by atoms with van der Waals surface area (Å²) in [7, 11) is 1.72. The summed E-state index contributed by atoms with van der Waals surface area (Å²) < 4.78 is 0. The average Bonchev–Trinajstić information content (AvgIpc) is 2.42. The lowest BCUT2D eigenvalue weighted by molar-refractivity contribution is 0.0739. The van der Waals surface area contributed by atoms with Gasteiger partial charge in [-0.3, -0.25) is 4.79 Å². The van der Waals surface area contributed by atoms with Gasteiger partial charge in [-0.15, -0.1) is 0 Å². The topological polar surface area (TPSA) is 69.0 Å². The minimum Gasteiger partial charge on any atom is -0.372 e. The molecule has 0 fully saturated rings. The summed E-state index contributed by atoms with van der Waals surface area (Å²) in [5.41, 5.74) is 0.438. The van der Waals surface area contributed by atoms with Crippen LogP contribution in [0, 0.1) is 17.2 Å². The highest BCUT2D eigenvalue weighted by atomic mass is 35.5. The van der Waals surface area contributed by atoms with Gasteiger partial charge in [0.15, 0.2) is 0 Å².